The summed E-state index contributed by atoms with van der Waals surface area (Å²) in [5.74, 6) is -0.782. The molecule has 2 aliphatic rings. The lowest BCUT2D eigenvalue weighted by Crippen LogP contribution is -2.74. The number of aliphatic hydroxyl groups excluding tert-OH is 1. The van der Waals surface area contributed by atoms with Crippen molar-refractivity contribution in [2.24, 2.45) is 5.92 Å². The maximum absolute atomic E-state index is 12.6. The summed E-state index contributed by atoms with van der Waals surface area (Å²) < 4.78 is 5.27. The van der Waals surface area contributed by atoms with Gasteiger partial charge in [0.15, 0.2) is 10.7 Å². The Morgan fingerprint density at radius 1 is 1.41 bits per heavy atom. The van der Waals surface area contributed by atoms with Gasteiger partial charge in [0.1, 0.15) is 17.8 Å². The standard InChI is InChI=1S/C24H35Cl2NO5/c1-5-6-7-8-9-15(2)10-11-16(3)12-19(28)27-18-14-23(31)13-17(25)20(29)24(26,21(18)30)22(23)32-4/h10-13,15,18,21-22,30-31H,5-9,14H2,1-4H3,(H,27,28)/b11-10+,16-12+/t15-,18?,21+,22+,23-,24+/m1/s1. The number of unbranched alkanes of at least 4 members (excludes halogenated alkanes) is 3. The second kappa shape index (κ2) is 11.3. The van der Waals surface area contributed by atoms with Crippen LogP contribution < -0.4 is 5.32 Å². The molecule has 6 atom stereocenters. The number of nitrogens with one attached hydrogen (secondary N) is 1. The van der Waals surface area contributed by atoms with Crippen LogP contribution in [0, 0.1) is 5.92 Å². The number of allylic oxidation sites excluding steroid dienone is 4. The van der Waals surface area contributed by atoms with Crippen molar-refractivity contribution in [1.82, 2.24) is 5.32 Å². The summed E-state index contributed by atoms with van der Waals surface area (Å²) in [6, 6.07) is -0.966. The van der Waals surface area contributed by atoms with Gasteiger partial charge in [-0.05, 0) is 30.9 Å². The molecule has 0 heterocycles. The number of rotatable bonds is 10. The minimum atomic E-state index is -2.00. The summed E-state index contributed by atoms with van der Waals surface area (Å²) in [7, 11) is 1.29. The number of ketones is 1. The first kappa shape index (κ1) is 27.1. The smallest absolute Gasteiger partial charge is 0.244 e. The molecule has 2 rings (SSSR count). The van der Waals surface area contributed by atoms with Crippen molar-refractivity contribution >= 4 is 34.9 Å². The highest BCUT2D eigenvalue weighted by molar-refractivity contribution is 6.51. The Kier molecular flexibility index (Phi) is 9.56. The molecular formula is C24H35Cl2NO5. The highest BCUT2D eigenvalue weighted by atomic mass is 35.5. The highest BCUT2D eigenvalue weighted by Crippen LogP contribution is 2.49. The molecule has 6 nitrogen and oxygen atoms in total. The number of carbonyl (C=O) groups excluding carboxylic acids is 2. The quantitative estimate of drug-likeness (QED) is 0.188. The van der Waals surface area contributed by atoms with E-state index in [1.165, 1.54) is 44.9 Å². The molecule has 2 bridgehead atoms. The fourth-order valence-corrected chi connectivity index (χ4v) is 5.45. The molecular weight excluding hydrogens is 453 g/mol. The minimum Gasteiger partial charge on any atom is -0.389 e. The predicted octanol–water partition coefficient (Wildman–Crippen LogP) is 3.77. The van der Waals surface area contributed by atoms with Gasteiger partial charge in [-0.3, -0.25) is 9.59 Å². The predicted molar refractivity (Wildman–Crippen MR) is 127 cm³/mol. The van der Waals surface area contributed by atoms with Crippen LogP contribution >= 0.6 is 23.2 Å². The Bertz CT molecular complexity index is 795. The van der Waals surface area contributed by atoms with E-state index >= 15 is 0 Å². The van der Waals surface area contributed by atoms with E-state index < -0.39 is 40.4 Å². The first-order valence-electron chi connectivity index (χ1n) is 11.2. The number of halogens is 2. The first-order chi connectivity index (χ1) is 15.0. The lowest BCUT2D eigenvalue weighted by molar-refractivity contribution is -0.166. The first-order valence-corrected chi connectivity index (χ1v) is 12.0. The van der Waals surface area contributed by atoms with Crippen molar-refractivity contribution in [3.05, 3.63) is 34.9 Å². The van der Waals surface area contributed by atoms with Crippen molar-refractivity contribution in [2.75, 3.05) is 7.11 Å². The lowest BCUT2D eigenvalue weighted by atomic mass is 9.65. The topological polar surface area (TPSA) is 95.9 Å². The van der Waals surface area contributed by atoms with Gasteiger partial charge in [0.25, 0.3) is 0 Å². The van der Waals surface area contributed by atoms with Crippen molar-refractivity contribution in [3.8, 4) is 0 Å². The molecule has 1 unspecified atom stereocenters. The van der Waals surface area contributed by atoms with E-state index in [2.05, 4.69) is 25.2 Å². The number of aliphatic hydroxyl groups is 2. The molecule has 0 aromatic rings. The van der Waals surface area contributed by atoms with Crippen LogP contribution in [0.1, 0.15) is 59.3 Å². The van der Waals surface area contributed by atoms with E-state index in [0.29, 0.717) is 5.92 Å². The minimum absolute atomic E-state index is 0.103. The summed E-state index contributed by atoms with van der Waals surface area (Å²) in [6.07, 6.45) is 9.76. The molecule has 180 valence electrons. The van der Waals surface area contributed by atoms with Crippen molar-refractivity contribution in [2.45, 2.75) is 88.0 Å². The van der Waals surface area contributed by atoms with Crippen molar-refractivity contribution < 1.29 is 24.5 Å². The number of amides is 1. The van der Waals surface area contributed by atoms with Crippen LogP contribution in [0.25, 0.3) is 0 Å². The van der Waals surface area contributed by atoms with Gasteiger partial charge in [-0.15, -0.1) is 11.6 Å². The molecule has 3 N–H and O–H groups in total. The van der Waals surface area contributed by atoms with Gasteiger partial charge in [0, 0.05) is 19.6 Å². The zero-order valence-electron chi connectivity index (χ0n) is 19.2. The maximum Gasteiger partial charge on any atom is 0.244 e. The second-order valence-electron chi connectivity index (χ2n) is 9.03. The van der Waals surface area contributed by atoms with Crippen LogP contribution in [0.5, 0.6) is 0 Å². The number of alkyl halides is 1. The third-order valence-electron chi connectivity index (χ3n) is 6.26. The lowest BCUT2D eigenvalue weighted by Gasteiger charge is -2.53. The fraction of sp³-hybridized carbons (Fsp3) is 0.667. The number of methoxy groups -OCH3 is 1. The Morgan fingerprint density at radius 2 is 2.09 bits per heavy atom. The number of ether oxygens (including phenoxy) is 1. The number of carbonyl (C=O) groups is 2. The van der Waals surface area contributed by atoms with E-state index in [1.54, 1.807) is 0 Å². The average Bonchev–Trinajstić information content (AvgIpc) is 2.72. The molecule has 1 fully saturated rings. The van der Waals surface area contributed by atoms with Gasteiger partial charge in [0.2, 0.25) is 5.91 Å². The van der Waals surface area contributed by atoms with Gasteiger partial charge in [-0.1, -0.05) is 63.3 Å². The zero-order chi connectivity index (χ0) is 24.1. The number of fused-ring (bicyclic) bond motifs is 2. The third kappa shape index (κ3) is 5.84. The largest absolute Gasteiger partial charge is 0.389 e. The van der Waals surface area contributed by atoms with E-state index in [1.807, 2.05) is 13.0 Å². The second-order valence-corrected chi connectivity index (χ2v) is 10.1. The van der Waals surface area contributed by atoms with Crippen molar-refractivity contribution in [3.63, 3.8) is 0 Å². The molecule has 0 spiro atoms. The van der Waals surface area contributed by atoms with Gasteiger partial charge in [0.05, 0.1) is 11.1 Å². The Hall–Kier alpha value is -1.18. The van der Waals surface area contributed by atoms with Crippen LogP contribution in [0.2, 0.25) is 0 Å². The Morgan fingerprint density at radius 3 is 2.72 bits per heavy atom. The summed E-state index contributed by atoms with van der Waals surface area (Å²) in [5.41, 5.74) is -0.952. The van der Waals surface area contributed by atoms with E-state index in [-0.39, 0.29) is 11.5 Å². The van der Waals surface area contributed by atoms with Crippen LogP contribution in [0.15, 0.2) is 34.9 Å². The Balaban J connectivity index is 2.06. The van der Waals surface area contributed by atoms with Gasteiger partial charge >= 0.3 is 0 Å². The van der Waals surface area contributed by atoms with Gasteiger partial charge in [-0.2, -0.15) is 0 Å². The molecule has 1 saturated carbocycles. The van der Waals surface area contributed by atoms with Crippen LogP contribution in [0.4, 0.5) is 0 Å². The number of Topliss-reactive ketones (excluding diaryl/α,β-unsaturated/α-hetero) is 1. The van der Waals surface area contributed by atoms with Crippen LogP contribution in [-0.4, -0.2) is 57.7 Å². The molecule has 0 aromatic heterocycles. The average molecular weight is 488 g/mol. The molecule has 8 heteroatoms. The number of hydrogen-bond donors (Lipinski definition) is 3. The molecule has 0 saturated heterocycles. The zero-order valence-corrected chi connectivity index (χ0v) is 20.7. The Labute approximate surface area is 200 Å². The van der Waals surface area contributed by atoms with Crippen molar-refractivity contribution in [1.29, 1.82) is 0 Å². The normalized spacial score (nSPS) is 33.9. The van der Waals surface area contributed by atoms with E-state index in [4.69, 9.17) is 27.9 Å². The molecule has 0 aromatic carbocycles. The third-order valence-corrected chi connectivity index (χ3v) is 7.13. The van der Waals surface area contributed by atoms with Crippen LogP contribution in [-0.2, 0) is 14.3 Å². The van der Waals surface area contributed by atoms with E-state index in [0.717, 1.165) is 12.0 Å². The summed E-state index contributed by atoms with van der Waals surface area (Å²) in [6.45, 7) is 6.15. The van der Waals surface area contributed by atoms with E-state index in [9.17, 15) is 19.8 Å². The fourth-order valence-electron chi connectivity index (χ4n) is 4.53. The monoisotopic (exact) mass is 487 g/mol. The van der Waals surface area contributed by atoms with Gasteiger partial charge in [-0.25, -0.2) is 0 Å². The molecule has 1 amide bonds. The molecule has 2 aliphatic carbocycles. The number of hydrogen-bond acceptors (Lipinski definition) is 5. The molecule has 0 aliphatic heterocycles. The SMILES string of the molecule is CCCCCC[C@@H](C)/C=C/C(C)=C/C(=O)NC1C[C@]2(O)C=C(Cl)C(=O)[C@@](Cl)([C@H]2OC)[C@H]1O. The summed E-state index contributed by atoms with van der Waals surface area (Å²) in [5, 5.41) is 24.3. The molecule has 0 radical (unpaired) electrons. The van der Waals surface area contributed by atoms with Crippen LogP contribution in [0.3, 0.4) is 0 Å². The summed E-state index contributed by atoms with van der Waals surface area (Å²) >= 11 is 12.5. The highest BCUT2D eigenvalue weighted by Gasteiger charge is 2.67. The van der Waals surface area contributed by atoms with Gasteiger partial charge < -0.3 is 20.3 Å². The summed E-state index contributed by atoms with van der Waals surface area (Å²) in [4.78, 5) is 23.2. The maximum atomic E-state index is 12.6. The molecule has 32 heavy (non-hydrogen) atoms.